The Balaban J connectivity index is 1.55. The van der Waals surface area contributed by atoms with Crippen molar-refractivity contribution in [2.24, 2.45) is 0 Å². The summed E-state index contributed by atoms with van der Waals surface area (Å²) in [6, 6.07) is 9.06. The summed E-state index contributed by atoms with van der Waals surface area (Å²) in [4.78, 5) is 15.7. The zero-order valence-corrected chi connectivity index (χ0v) is 18.2. The molecule has 1 aliphatic rings. The number of aryl methyl sites for hydroxylation is 2. The first kappa shape index (κ1) is 21.0. The van der Waals surface area contributed by atoms with E-state index >= 15 is 0 Å². The molecule has 7 heteroatoms. The van der Waals surface area contributed by atoms with Gasteiger partial charge >= 0.3 is 0 Å². The van der Waals surface area contributed by atoms with E-state index in [2.05, 4.69) is 13.0 Å². The van der Waals surface area contributed by atoms with Crippen molar-refractivity contribution in [1.82, 2.24) is 9.21 Å². The van der Waals surface area contributed by atoms with Crippen LogP contribution in [0.1, 0.15) is 41.7 Å². The molecule has 1 aromatic heterocycles. The molecule has 2 aromatic rings. The monoisotopic (exact) mass is 420 g/mol. The molecule has 1 amide bonds. The first-order chi connectivity index (χ1) is 13.4. The third-order valence-corrected chi connectivity index (χ3v) is 8.20. The molecule has 0 atom stereocenters. The highest BCUT2D eigenvalue weighted by atomic mass is 32.2. The summed E-state index contributed by atoms with van der Waals surface area (Å²) < 4.78 is 27.0. The molecule has 28 heavy (non-hydrogen) atoms. The van der Waals surface area contributed by atoms with Crippen LogP contribution >= 0.6 is 11.3 Å². The topological polar surface area (TPSA) is 57.7 Å². The van der Waals surface area contributed by atoms with E-state index in [0.29, 0.717) is 37.4 Å². The van der Waals surface area contributed by atoms with Gasteiger partial charge in [0.05, 0.1) is 11.4 Å². The van der Waals surface area contributed by atoms with Crippen molar-refractivity contribution in [1.29, 1.82) is 0 Å². The second-order valence-corrected chi connectivity index (χ2v) is 10.3. The molecule has 0 bridgehead atoms. The van der Waals surface area contributed by atoms with Crippen LogP contribution in [0.25, 0.3) is 0 Å². The lowest BCUT2D eigenvalue weighted by Crippen LogP contribution is -2.35. The number of rotatable bonds is 7. The lowest BCUT2D eigenvalue weighted by Gasteiger charge is -2.25. The highest BCUT2D eigenvalue weighted by molar-refractivity contribution is 7.89. The largest absolute Gasteiger partial charge is 0.341 e. The standard InChI is InChI=1S/C21H28N2O3S2/c1-17-12-15-27-20(17)16-22(2)21(24)11-8-18-6-9-19(10-7-18)28(25,26)23-13-4-3-5-14-23/h6-7,9-10,12,15H,3-5,8,11,13-14,16H2,1-2H3. The van der Waals surface area contributed by atoms with Crippen LogP contribution in [0, 0.1) is 6.92 Å². The molecule has 5 nitrogen and oxygen atoms in total. The molecule has 3 rings (SSSR count). The summed E-state index contributed by atoms with van der Waals surface area (Å²) >= 11 is 1.67. The number of carbonyl (C=O) groups is 1. The van der Waals surface area contributed by atoms with Gasteiger partial charge in [0.2, 0.25) is 15.9 Å². The van der Waals surface area contributed by atoms with Gasteiger partial charge in [-0.2, -0.15) is 4.31 Å². The molecule has 2 heterocycles. The van der Waals surface area contributed by atoms with Crippen LogP contribution in [0.4, 0.5) is 0 Å². The van der Waals surface area contributed by atoms with Gasteiger partial charge in [0.15, 0.2) is 0 Å². The van der Waals surface area contributed by atoms with Crippen LogP contribution in [-0.2, 0) is 27.8 Å². The Morgan fingerprint density at radius 3 is 2.39 bits per heavy atom. The van der Waals surface area contributed by atoms with Gasteiger partial charge in [0.25, 0.3) is 0 Å². The van der Waals surface area contributed by atoms with Crippen LogP contribution in [0.2, 0.25) is 0 Å². The Labute approximate surface area is 172 Å². The summed E-state index contributed by atoms with van der Waals surface area (Å²) in [5.74, 6) is 0.0952. The molecule has 0 saturated carbocycles. The number of nitrogens with zero attached hydrogens (tertiary/aromatic N) is 2. The van der Waals surface area contributed by atoms with E-state index in [1.807, 2.05) is 24.6 Å². The number of piperidine rings is 1. The van der Waals surface area contributed by atoms with Crippen LogP contribution in [0.15, 0.2) is 40.6 Å². The van der Waals surface area contributed by atoms with Crippen LogP contribution in [-0.4, -0.2) is 43.7 Å². The average Bonchev–Trinajstić information content (AvgIpc) is 3.11. The summed E-state index contributed by atoms with van der Waals surface area (Å²) in [5, 5.41) is 2.04. The third-order valence-electron chi connectivity index (χ3n) is 5.28. The normalized spacial score (nSPS) is 15.5. The van der Waals surface area contributed by atoms with Crippen molar-refractivity contribution in [2.45, 2.75) is 50.5 Å². The molecule has 1 saturated heterocycles. The Morgan fingerprint density at radius 1 is 1.11 bits per heavy atom. The van der Waals surface area contributed by atoms with Gasteiger partial charge in [0, 0.05) is 31.4 Å². The average molecular weight is 421 g/mol. The van der Waals surface area contributed by atoms with Crippen LogP contribution in [0.3, 0.4) is 0 Å². The Morgan fingerprint density at radius 2 is 1.79 bits per heavy atom. The van der Waals surface area contributed by atoms with Gasteiger partial charge in [-0.05, 0) is 60.9 Å². The van der Waals surface area contributed by atoms with Gasteiger partial charge in [-0.3, -0.25) is 4.79 Å². The maximum Gasteiger partial charge on any atom is 0.243 e. The minimum atomic E-state index is -3.40. The Bertz CT molecular complexity index is 898. The minimum Gasteiger partial charge on any atom is -0.341 e. The summed E-state index contributed by atoms with van der Waals surface area (Å²) in [5.41, 5.74) is 2.20. The van der Waals surface area contributed by atoms with Gasteiger partial charge in [-0.15, -0.1) is 11.3 Å². The summed E-state index contributed by atoms with van der Waals surface area (Å²) in [6.45, 7) is 3.91. The van der Waals surface area contributed by atoms with E-state index in [0.717, 1.165) is 24.8 Å². The minimum absolute atomic E-state index is 0.0952. The van der Waals surface area contributed by atoms with Gasteiger partial charge in [-0.1, -0.05) is 18.6 Å². The smallest absolute Gasteiger partial charge is 0.243 e. The molecule has 0 aliphatic carbocycles. The van der Waals surface area contributed by atoms with E-state index in [4.69, 9.17) is 0 Å². The van der Waals surface area contributed by atoms with E-state index in [9.17, 15) is 13.2 Å². The van der Waals surface area contributed by atoms with Crippen molar-refractivity contribution in [3.8, 4) is 0 Å². The lowest BCUT2D eigenvalue weighted by molar-refractivity contribution is -0.130. The molecule has 0 spiro atoms. The fourth-order valence-corrected chi connectivity index (χ4v) is 5.87. The molecule has 1 fully saturated rings. The fourth-order valence-electron chi connectivity index (χ4n) is 3.39. The predicted molar refractivity (Wildman–Crippen MR) is 113 cm³/mol. The summed E-state index contributed by atoms with van der Waals surface area (Å²) in [6.07, 6.45) is 3.98. The van der Waals surface area contributed by atoms with Crippen LogP contribution in [0.5, 0.6) is 0 Å². The highest BCUT2D eigenvalue weighted by Gasteiger charge is 2.25. The molecule has 0 unspecified atom stereocenters. The number of hydrogen-bond donors (Lipinski definition) is 0. The third kappa shape index (κ3) is 5.01. The molecule has 1 aromatic carbocycles. The van der Waals surface area contributed by atoms with Crippen molar-refractivity contribution in [2.75, 3.05) is 20.1 Å². The number of hydrogen-bond acceptors (Lipinski definition) is 4. The first-order valence-corrected chi connectivity index (χ1v) is 12.1. The first-order valence-electron chi connectivity index (χ1n) is 9.74. The Kier molecular flexibility index (Phi) is 6.91. The van der Waals surface area contributed by atoms with Crippen molar-refractivity contribution >= 4 is 27.3 Å². The molecular weight excluding hydrogens is 392 g/mol. The maximum absolute atomic E-state index is 12.7. The zero-order valence-electron chi connectivity index (χ0n) is 16.6. The number of benzene rings is 1. The van der Waals surface area contributed by atoms with Crippen molar-refractivity contribution < 1.29 is 13.2 Å². The van der Waals surface area contributed by atoms with Crippen molar-refractivity contribution in [3.05, 3.63) is 51.7 Å². The predicted octanol–water partition coefficient (Wildman–Crippen LogP) is 3.82. The van der Waals surface area contributed by atoms with E-state index < -0.39 is 10.0 Å². The molecule has 0 N–H and O–H groups in total. The van der Waals surface area contributed by atoms with E-state index in [1.54, 1.807) is 32.7 Å². The van der Waals surface area contributed by atoms with Gasteiger partial charge in [0.1, 0.15) is 0 Å². The zero-order chi connectivity index (χ0) is 20.1. The molecule has 152 valence electrons. The molecule has 0 radical (unpaired) electrons. The van der Waals surface area contributed by atoms with Gasteiger partial charge < -0.3 is 4.90 Å². The second-order valence-electron chi connectivity index (χ2n) is 7.39. The number of thiophene rings is 1. The summed E-state index contributed by atoms with van der Waals surface area (Å²) in [7, 11) is -1.57. The quantitative estimate of drug-likeness (QED) is 0.684. The Hall–Kier alpha value is -1.70. The van der Waals surface area contributed by atoms with E-state index in [1.165, 1.54) is 10.4 Å². The second kappa shape index (κ2) is 9.20. The number of sulfonamides is 1. The SMILES string of the molecule is Cc1ccsc1CN(C)C(=O)CCc1ccc(S(=O)(=O)N2CCCCC2)cc1. The number of carbonyl (C=O) groups excluding carboxylic acids is 1. The number of amides is 1. The van der Waals surface area contributed by atoms with E-state index in [-0.39, 0.29) is 5.91 Å². The lowest BCUT2D eigenvalue weighted by atomic mass is 10.1. The fraction of sp³-hybridized carbons (Fsp3) is 0.476. The van der Waals surface area contributed by atoms with Crippen LogP contribution < -0.4 is 0 Å². The maximum atomic E-state index is 12.7. The van der Waals surface area contributed by atoms with Gasteiger partial charge in [-0.25, -0.2) is 8.42 Å². The van der Waals surface area contributed by atoms with Crippen molar-refractivity contribution in [3.63, 3.8) is 0 Å². The molecule has 1 aliphatic heterocycles. The highest BCUT2D eigenvalue weighted by Crippen LogP contribution is 2.21. The molecular formula is C21H28N2O3S2.